The van der Waals surface area contributed by atoms with Crippen molar-refractivity contribution in [3.8, 4) is 0 Å². The van der Waals surface area contributed by atoms with Gasteiger partial charge in [-0.25, -0.2) is 0 Å². The Morgan fingerprint density at radius 1 is 1.67 bits per heavy atom. The maximum Gasteiger partial charge on any atom is 0.229 e. The van der Waals surface area contributed by atoms with E-state index in [-0.39, 0.29) is 17.3 Å². The maximum atomic E-state index is 10.9. The Labute approximate surface area is 78.3 Å². The highest BCUT2D eigenvalue weighted by Crippen LogP contribution is 2.34. The molecule has 0 atom stereocenters. The summed E-state index contributed by atoms with van der Waals surface area (Å²) in [5.74, 6) is 0.224. The number of methoxy groups -OCH3 is 1. The van der Waals surface area contributed by atoms with E-state index in [4.69, 9.17) is 4.74 Å². The van der Waals surface area contributed by atoms with Gasteiger partial charge in [-0.1, -0.05) is 0 Å². The smallest absolute Gasteiger partial charge is 0.229 e. The zero-order valence-electron chi connectivity index (χ0n) is 7.30. The van der Waals surface area contributed by atoms with Crippen molar-refractivity contribution in [2.75, 3.05) is 19.4 Å². The molecule has 0 aromatic heterocycles. The molecule has 3 nitrogen and oxygen atoms in total. The highest BCUT2D eigenvalue weighted by atomic mass is 32.1. The number of carbonyl (C=O) groups excluding carboxylic acids is 1. The summed E-state index contributed by atoms with van der Waals surface area (Å²) in [5, 5.41) is 2.79. The van der Waals surface area contributed by atoms with Crippen molar-refractivity contribution in [2.24, 2.45) is 0 Å². The zero-order valence-corrected chi connectivity index (χ0v) is 8.19. The monoisotopic (exact) mass is 189 g/mol. The summed E-state index contributed by atoms with van der Waals surface area (Å²) < 4.78 is 5.33. The summed E-state index contributed by atoms with van der Waals surface area (Å²) in [7, 11) is 1.70. The molecule has 0 aromatic rings. The SMILES string of the molecule is COC1(CNC(=O)CS)CCC1. The van der Waals surface area contributed by atoms with E-state index in [0.29, 0.717) is 6.54 Å². The van der Waals surface area contributed by atoms with Crippen LogP contribution in [0.15, 0.2) is 0 Å². The molecule has 4 heteroatoms. The van der Waals surface area contributed by atoms with Crippen molar-refractivity contribution in [3.05, 3.63) is 0 Å². The van der Waals surface area contributed by atoms with Gasteiger partial charge >= 0.3 is 0 Å². The van der Waals surface area contributed by atoms with Crippen molar-refractivity contribution in [1.82, 2.24) is 5.32 Å². The molecule has 0 saturated heterocycles. The van der Waals surface area contributed by atoms with E-state index in [9.17, 15) is 4.79 Å². The topological polar surface area (TPSA) is 38.3 Å². The van der Waals surface area contributed by atoms with E-state index in [1.165, 1.54) is 6.42 Å². The molecule has 1 amide bonds. The maximum absolute atomic E-state index is 10.9. The lowest BCUT2D eigenvalue weighted by molar-refractivity contribution is -0.122. The molecule has 12 heavy (non-hydrogen) atoms. The van der Waals surface area contributed by atoms with Crippen LogP contribution in [0.2, 0.25) is 0 Å². The van der Waals surface area contributed by atoms with Crippen molar-refractivity contribution >= 4 is 18.5 Å². The van der Waals surface area contributed by atoms with Gasteiger partial charge in [-0.3, -0.25) is 4.79 Å². The molecule has 0 heterocycles. The zero-order chi connectivity index (χ0) is 9.03. The van der Waals surface area contributed by atoms with E-state index >= 15 is 0 Å². The van der Waals surface area contributed by atoms with Gasteiger partial charge in [0.25, 0.3) is 0 Å². The third-order valence-corrected chi connectivity index (χ3v) is 2.74. The van der Waals surface area contributed by atoms with E-state index in [1.54, 1.807) is 7.11 Å². The third-order valence-electron chi connectivity index (χ3n) is 2.45. The second kappa shape index (κ2) is 4.14. The summed E-state index contributed by atoms with van der Waals surface area (Å²) in [6.07, 6.45) is 3.30. The van der Waals surface area contributed by atoms with Gasteiger partial charge in [0.15, 0.2) is 0 Å². The van der Waals surface area contributed by atoms with E-state index in [0.717, 1.165) is 12.8 Å². The first-order chi connectivity index (χ1) is 5.72. The van der Waals surface area contributed by atoms with Crippen LogP contribution in [0.1, 0.15) is 19.3 Å². The average molecular weight is 189 g/mol. The predicted molar refractivity (Wildman–Crippen MR) is 50.5 cm³/mol. The first kappa shape index (κ1) is 9.86. The highest BCUT2D eigenvalue weighted by molar-refractivity contribution is 7.81. The van der Waals surface area contributed by atoms with Crippen LogP contribution in [0.4, 0.5) is 0 Å². The largest absolute Gasteiger partial charge is 0.376 e. The van der Waals surface area contributed by atoms with Gasteiger partial charge in [-0.2, -0.15) is 12.6 Å². The fraction of sp³-hybridized carbons (Fsp3) is 0.875. The Balaban J connectivity index is 2.24. The lowest BCUT2D eigenvalue weighted by Crippen LogP contribution is -2.49. The quantitative estimate of drug-likeness (QED) is 0.636. The molecule has 0 radical (unpaired) electrons. The lowest BCUT2D eigenvalue weighted by Gasteiger charge is -2.40. The van der Waals surface area contributed by atoms with Crippen LogP contribution >= 0.6 is 12.6 Å². The number of nitrogens with one attached hydrogen (secondary N) is 1. The molecule has 0 unspecified atom stereocenters. The van der Waals surface area contributed by atoms with Crippen LogP contribution in [0, 0.1) is 0 Å². The molecule has 1 saturated carbocycles. The fourth-order valence-electron chi connectivity index (χ4n) is 1.34. The summed E-state index contributed by atoms with van der Waals surface area (Å²) in [4.78, 5) is 10.9. The minimum Gasteiger partial charge on any atom is -0.376 e. The number of hydrogen-bond donors (Lipinski definition) is 2. The second-order valence-corrected chi connectivity index (χ2v) is 3.49. The van der Waals surface area contributed by atoms with Gasteiger partial charge in [-0.05, 0) is 19.3 Å². The summed E-state index contributed by atoms with van der Waals surface area (Å²) in [6.45, 7) is 0.628. The second-order valence-electron chi connectivity index (χ2n) is 3.18. The van der Waals surface area contributed by atoms with Crippen LogP contribution in [-0.4, -0.2) is 30.9 Å². The van der Waals surface area contributed by atoms with E-state index in [2.05, 4.69) is 17.9 Å². The van der Waals surface area contributed by atoms with Crippen LogP contribution in [0.5, 0.6) is 0 Å². The average Bonchev–Trinajstić information content (AvgIpc) is 2.03. The van der Waals surface area contributed by atoms with E-state index < -0.39 is 0 Å². The third kappa shape index (κ3) is 2.14. The molecule has 1 rings (SSSR count). The van der Waals surface area contributed by atoms with Crippen molar-refractivity contribution in [1.29, 1.82) is 0 Å². The van der Waals surface area contributed by atoms with Gasteiger partial charge < -0.3 is 10.1 Å². The van der Waals surface area contributed by atoms with Crippen LogP contribution < -0.4 is 5.32 Å². The van der Waals surface area contributed by atoms with Gasteiger partial charge in [0, 0.05) is 13.7 Å². The molecule has 0 aromatic carbocycles. The summed E-state index contributed by atoms with van der Waals surface area (Å²) in [5.41, 5.74) is -0.0708. The van der Waals surface area contributed by atoms with Crippen LogP contribution in [-0.2, 0) is 9.53 Å². The molecule has 70 valence electrons. The van der Waals surface area contributed by atoms with Gasteiger partial charge in [0.05, 0.1) is 11.4 Å². The minimum absolute atomic E-state index is 0.0262. The molecule has 0 bridgehead atoms. The first-order valence-electron chi connectivity index (χ1n) is 4.15. The molecule has 1 N–H and O–H groups in total. The highest BCUT2D eigenvalue weighted by Gasteiger charge is 2.36. The molecule has 0 aliphatic heterocycles. The number of rotatable bonds is 4. The van der Waals surface area contributed by atoms with Crippen molar-refractivity contribution < 1.29 is 9.53 Å². The molecule has 0 spiro atoms. The Kier molecular flexibility index (Phi) is 3.40. The molecular weight excluding hydrogens is 174 g/mol. The van der Waals surface area contributed by atoms with Gasteiger partial charge in [-0.15, -0.1) is 0 Å². The molecular formula is C8H15NO2S. The Hall–Kier alpha value is -0.220. The molecule has 1 aliphatic carbocycles. The Bertz CT molecular complexity index is 163. The number of thiol groups is 1. The number of hydrogen-bond acceptors (Lipinski definition) is 3. The first-order valence-corrected chi connectivity index (χ1v) is 4.78. The summed E-state index contributed by atoms with van der Waals surface area (Å²) >= 11 is 3.87. The van der Waals surface area contributed by atoms with Crippen LogP contribution in [0.25, 0.3) is 0 Å². The lowest BCUT2D eigenvalue weighted by atomic mass is 9.80. The molecule has 1 fully saturated rings. The van der Waals surface area contributed by atoms with Gasteiger partial charge in [0.2, 0.25) is 5.91 Å². The number of carbonyl (C=O) groups is 1. The number of ether oxygens (including phenoxy) is 1. The van der Waals surface area contributed by atoms with Crippen molar-refractivity contribution in [3.63, 3.8) is 0 Å². The Morgan fingerprint density at radius 2 is 2.33 bits per heavy atom. The standard InChI is InChI=1S/C8H15NO2S/c1-11-8(3-2-4-8)6-9-7(10)5-12/h12H,2-6H2,1H3,(H,9,10). The number of amides is 1. The minimum atomic E-state index is -0.0708. The van der Waals surface area contributed by atoms with E-state index in [1.807, 2.05) is 0 Å². The molecule has 1 aliphatic rings. The fourth-order valence-corrected chi connectivity index (χ4v) is 1.45. The normalized spacial score (nSPS) is 19.8. The predicted octanol–water partition coefficient (Wildman–Crippen LogP) is 0.602. The van der Waals surface area contributed by atoms with Crippen LogP contribution in [0.3, 0.4) is 0 Å². The van der Waals surface area contributed by atoms with Gasteiger partial charge in [0.1, 0.15) is 0 Å². The van der Waals surface area contributed by atoms with Crippen molar-refractivity contribution in [2.45, 2.75) is 24.9 Å². The summed E-state index contributed by atoms with van der Waals surface area (Å²) in [6, 6.07) is 0. The Morgan fingerprint density at radius 3 is 2.67 bits per heavy atom.